The third kappa shape index (κ3) is 10.7. The molecule has 0 aromatic rings. The molecule has 0 aliphatic carbocycles. The number of carbonyl (C=O) groups excluding carboxylic acids is 1. The normalized spacial score (nSPS) is 12.7. The smallest absolute Gasteiger partial charge is 0.303 e. The standard InChI is InChI=1S/C6H10FNO5.C3H7NO/c7-3-5(9)4(8(12)13)1-2-6(10)11;1-4(2)3-5/h4-5,9H,1-3H2,(H,10,11);3H,1-2H3. The average molecular weight is 268 g/mol. The van der Waals surface area contributed by atoms with Crippen LogP contribution in [0, 0.1) is 10.1 Å². The molecule has 106 valence electrons. The number of nitrogens with zero attached hydrogens (tertiary/aromatic N) is 2. The van der Waals surface area contributed by atoms with Gasteiger partial charge in [-0.25, -0.2) is 4.39 Å². The van der Waals surface area contributed by atoms with E-state index in [0.717, 1.165) is 6.41 Å². The Hall–Kier alpha value is -1.77. The minimum absolute atomic E-state index is 0.368. The van der Waals surface area contributed by atoms with Crippen molar-refractivity contribution >= 4 is 12.4 Å². The zero-order chi connectivity index (χ0) is 14.7. The number of carboxylic acid groups (broad SMARTS) is 1. The van der Waals surface area contributed by atoms with Crippen molar-refractivity contribution in [3.05, 3.63) is 10.1 Å². The summed E-state index contributed by atoms with van der Waals surface area (Å²) >= 11 is 0. The highest BCUT2D eigenvalue weighted by atomic mass is 19.1. The number of aliphatic carboxylic acids is 1. The van der Waals surface area contributed by atoms with E-state index >= 15 is 0 Å². The average Bonchev–Trinajstić information content (AvgIpc) is 2.28. The maximum absolute atomic E-state index is 11.8. The molecule has 0 bridgehead atoms. The molecular weight excluding hydrogens is 251 g/mol. The number of amides is 1. The summed E-state index contributed by atoms with van der Waals surface area (Å²) in [6.45, 7) is -1.24. The summed E-state index contributed by atoms with van der Waals surface area (Å²) in [5, 5.41) is 27.2. The number of hydrogen-bond acceptors (Lipinski definition) is 5. The highest BCUT2D eigenvalue weighted by Crippen LogP contribution is 2.07. The van der Waals surface area contributed by atoms with E-state index in [-0.39, 0.29) is 6.42 Å². The summed E-state index contributed by atoms with van der Waals surface area (Å²) in [6, 6.07) is -1.54. The molecule has 0 radical (unpaired) electrons. The summed E-state index contributed by atoms with van der Waals surface area (Å²) in [4.78, 5) is 30.2. The first-order valence-electron chi connectivity index (χ1n) is 4.97. The minimum atomic E-state index is -1.73. The molecule has 0 spiro atoms. The summed E-state index contributed by atoms with van der Waals surface area (Å²) in [6.07, 6.45) is -1.80. The monoisotopic (exact) mass is 268 g/mol. The SMILES string of the molecule is CN(C)C=O.O=C(O)CCC(C(O)CF)[N+](=O)[O-]. The zero-order valence-electron chi connectivity index (χ0n) is 10.2. The lowest BCUT2D eigenvalue weighted by atomic mass is 10.1. The maximum atomic E-state index is 11.8. The number of alkyl halides is 1. The van der Waals surface area contributed by atoms with Crippen molar-refractivity contribution in [3.8, 4) is 0 Å². The van der Waals surface area contributed by atoms with Gasteiger partial charge in [0.1, 0.15) is 12.8 Å². The van der Waals surface area contributed by atoms with Gasteiger partial charge in [-0.3, -0.25) is 19.7 Å². The molecule has 0 rings (SSSR count). The molecule has 2 atom stereocenters. The van der Waals surface area contributed by atoms with Gasteiger partial charge in [0, 0.05) is 25.4 Å². The van der Waals surface area contributed by atoms with Crippen LogP contribution in [0.4, 0.5) is 4.39 Å². The molecule has 0 fully saturated rings. The van der Waals surface area contributed by atoms with Crippen LogP contribution in [0.25, 0.3) is 0 Å². The number of halogens is 1. The predicted molar refractivity (Wildman–Crippen MR) is 59.4 cm³/mol. The van der Waals surface area contributed by atoms with Crippen molar-refractivity contribution in [2.75, 3.05) is 20.8 Å². The second-order valence-electron chi connectivity index (χ2n) is 3.58. The second-order valence-corrected chi connectivity index (χ2v) is 3.58. The summed E-state index contributed by atoms with van der Waals surface area (Å²) in [7, 11) is 3.38. The lowest BCUT2D eigenvalue weighted by Crippen LogP contribution is -2.35. The number of rotatable bonds is 7. The van der Waals surface area contributed by atoms with Crippen molar-refractivity contribution in [1.82, 2.24) is 4.90 Å². The molecule has 0 saturated heterocycles. The molecule has 0 aromatic heterocycles. The van der Waals surface area contributed by atoms with E-state index in [1.165, 1.54) is 4.90 Å². The van der Waals surface area contributed by atoms with E-state index in [0.29, 0.717) is 0 Å². The topological polar surface area (TPSA) is 121 Å². The fourth-order valence-electron chi connectivity index (χ4n) is 0.812. The van der Waals surface area contributed by atoms with Crippen LogP contribution in [0.2, 0.25) is 0 Å². The van der Waals surface area contributed by atoms with Gasteiger partial charge in [0.25, 0.3) is 0 Å². The van der Waals surface area contributed by atoms with Crippen LogP contribution < -0.4 is 0 Å². The Bertz CT molecular complexity index is 274. The molecule has 0 aliphatic heterocycles. The quantitative estimate of drug-likeness (QED) is 0.366. The van der Waals surface area contributed by atoms with Gasteiger partial charge >= 0.3 is 5.97 Å². The van der Waals surface area contributed by atoms with Gasteiger partial charge in [0.2, 0.25) is 12.5 Å². The molecule has 1 amide bonds. The lowest BCUT2D eigenvalue weighted by Gasteiger charge is -2.11. The van der Waals surface area contributed by atoms with E-state index in [1.54, 1.807) is 14.1 Å². The van der Waals surface area contributed by atoms with Crippen molar-refractivity contribution in [2.45, 2.75) is 25.0 Å². The number of carbonyl (C=O) groups is 2. The van der Waals surface area contributed by atoms with E-state index in [1.807, 2.05) is 0 Å². The highest BCUT2D eigenvalue weighted by molar-refractivity contribution is 5.66. The van der Waals surface area contributed by atoms with Gasteiger partial charge in [-0.2, -0.15) is 0 Å². The number of aliphatic hydroxyl groups is 1. The van der Waals surface area contributed by atoms with Gasteiger partial charge in [-0.05, 0) is 0 Å². The van der Waals surface area contributed by atoms with Crippen LogP contribution >= 0.6 is 0 Å². The van der Waals surface area contributed by atoms with Gasteiger partial charge in [0.05, 0.1) is 6.42 Å². The van der Waals surface area contributed by atoms with Gasteiger partial charge in [0.15, 0.2) is 0 Å². The Balaban J connectivity index is 0. The van der Waals surface area contributed by atoms with Crippen LogP contribution in [0.1, 0.15) is 12.8 Å². The molecule has 2 N–H and O–H groups in total. The maximum Gasteiger partial charge on any atom is 0.303 e. The Morgan fingerprint density at radius 2 is 2.00 bits per heavy atom. The van der Waals surface area contributed by atoms with Crippen LogP contribution in [0.3, 0.4) is 0 Å². The molecular formula is C9H17FN2O6. The fourth-order valence-corrected chi connectivity index (χ4v) is 0.812. The number of aliphatic hydroxyl groups excluding tert-OH is 1. The number of nitro groups is 1. The molecule has 2 unspecified atom stereocenters. The first-order valence-corrected chi connectivity index (χ1v) is 4.97. The van der Waals surface area contributed by atoms with Crippen molar-refractivity contribution in [2.24, 2.45) is 0 Å². The second kappa shape index (κ2) is 10.4. The highest BCUT2D eigenvalue weighted by Gasteiger charge is 2.30. The Kier molecular flexibility index (Phi) is 10.7. The molecule has 0 heterocycles. The number of hydrogen-bond donors (Lipinski definition) is 2. The van der Waals surface area contributed by atoms with E-state index in [9.17, 15) is 24.1 Å². The first-order chi connectivity index (χ1) is 8.26. The van der Waals surface area contributed by atoms with Crippen molar-refractivity contribution in [3.63, 3.8) is 0 Å². The molecule has 9 heteroatoms. The fraction of sp³-hybridized carbons (Fsp3) is 0.778. The summed E-state index contributed by atoms with van der Waals surface area (Å²) in [5.74, 6) is -1.21. The van der Waals surface area contributed by atoms with Gasteiger partial charge in [-0.1, -0.05) is 0 Å². The lowest BCUT2D eigenvalue weighted by molar-refractivity contribution is -0.535. The van der Waals surface area contributed by atoms with E-state index < -0.39 is 36.1 Å². The molecule has 18 heavy (non-hydrogen) atoms. The number of carboxylic acids is 1. The summed E-state index contributed by atoms with van der Waals surface area (Å²) in [5.41, 5.74) is 0. The Morgan fingerprint density at radius 1 is 1.56 bits per heavy atom. The third-order valence-corrected chi connectivity index (χ3v) is 1.74. The van der Waals surface area contributed by atoms with E-state index in [4.69, 9.17) is 10.2 Å². The van der Waals surface area contributed by atoms with Gasteiger partial charge in [-0.15, -0.1) is 0 Å². The van der Waals surface area contributed by atoms with Crippen LogP contribution in [0.15, 0.2) is 0 Å². The largest absolute Gasteiger partial charge is 0.481 e. The molecule has 0 saturated carbocycles. The van der Waals surface area contributed by atoms with Crippen molar-refractivity contribution in [1.29, 1.82) is 0 Å². The van der Waals surface area contributed by atoms with E-state index in [2.05, 4.69) is 0 Å². The molecule has 0 aliphatic rings. The minimum Gasteiger partial charge on any atom is -0.481 e. The van der Waals surface area contributed by atoms with Crippen LogP contribution in [-0.2, 0) is 9.59 Å². The zero-order valence-corrected chi connectivity index (χ0v) is 10.2. The first kappa shape index (κ1) is 18.6. The van der Waals surface area contributed by atoms with Gasteiger partial charge < -0.3 is 15.1 Å². The Morgan fingerprint density at radius 3 is 2.22 bits per heavy atom. The Labute approximate surface area is 103 Å². The summed E-state index contributed by atoms with van der Waals surface area (Å²) < 4.78 is 11.8. The van der Waals surface area contributed by atoms with Crippen LogP contribution in [0.5, 0.6) is 0 Å². The third-order valence-electron chi connectivity index (χ3n) is 1.74. The molecule has 0 aromatic carbocycles. The van der Waals surface area contributed by atoms with Crippen LogP contribution in [-0.4, -0.2) is 65.3 Å². The predicted octanol–water partition coefficient (Wildman–Crippen LogP) is -0.469. The van der Waals surface area contributed by atoms with Crippen molar-refractivity contribution < 1.29 is 29.1 Å². The molecule has 8 nitrogen and oxygen atoms in total.